The lowest BCUT2D eigenvalue weighted by atomic mass is 9.92. The summed E-state index contributed by atoms with van der Waals surface area (Å²) in [5.74, 6) is 0.104. The average Bonchev–Trinajstić information content (AvgIpc) is 1.60. The summed E-state index contributed by atoms with van der Waals surface area (Å²) in [6.45, 7) is 8.79. The predicted molar refractivity (Wildman–Crippen MR) is 41.4 cm³/mol. The zero-order valence-electron chi connectivity index (χ0n) is 6.96. The normalized spacial score (nSPS) is 18.6. The van der Waals surface area contributed by atoms with E-state index >= 15 is 0 Å². The minimum atomic E-state index is -0.906. The summed E-state index contributed by atoms with van der Waals surface area (Å²) in [4.78, 5) is 0. The minimum absolute atomic E-state index is 0.104. The van der Waals surface area contributed by atoms with Gasteiger partial charge in [-0.1, -0.05) is 6.92 Å². The molecule has 0 rings (SSSR count). The third-order valence-electron chi connectivity index (χ3n) is 1.59. The highest BCUT2D eigenvalue weighted by Gasteiger charge is 2.19. The van der Waals surface area contributed by atoms with E-state index in [1.165, 1.54) is 0 Å². The number of hydrogen-bond acceptors (Lipinski definition) is 2. The molecule has 0 bridgehead atoms. The van der Waals surface area contributed by atoms with E-state index in [1.807, 2.05) is 6.92 Å². The molecule has 0 aromatic carbocycles. The molecule has 61 valence electrons. The summed E-state index contributed by atoms with van der Waals surface area (Å²) in [5.41, 5.74) is -0.906. The first-order valence-corrected chi connectivity index (χ1v) is 3.59. The van der Waals surface area contributed by atoms with Gasteiger partial charge in [0.2, 0.25) is 0 Å². The number of rotatable bonds is 3. The SMILES string of the molecule is [CH2]C(C)(O)CC(C)C(C)O. The fraction of sp³-hybridized carbons (Fsp3) is 0.875. The molecule has 0 aliphatic rings. The first-order chi connectivity index (χ1) is 4.33. The Morgan fingerprint density at radius 2 is 1.90 bits per heavy atom. The number of hydrogen-bond donors (Lipinski definition) is 2. The molecule has 0 fully saturated rings. The fourth-order valence-corrected chi connectivity index (χ4v) is 0.864. The molecule has 10 heavy (non-hydrogen) atoms. The van der Waals surface area contributed by atoms with Crippen molar-refractivity contribution in [2.24, 2.45) is 5.92 Å². The highest BCUT2D eigenvalue weighted by molar-refractivity contribution is 4.78. The Morgan fingerprint density at radius 3 is 2.00 bits per heavy atom. The molecule has 0 aliphatic heterocycles. The maximum absolute atomic E-state index is 9.21. The van der Waals surface area contributed by atoms with Crippen LogP contribution >= 0.6 is 0 Å². The monoisotopic (exact) mass is 145 g/mol. The van der Waals surface area contributed by atoms with Gasteiger partial charge in [-0.05, 0) is 33.1 Å². The second-order valence-corrected chi connectivity index (χ2v) is 3.42. The van der Waals surface area contributed by atoms with E-state index < -0.39 is 5.60 Å². The molecule has 2 nitrogen and oxygen atoms in total. The summed E-state index contributed by atoms with van der Waals surface area (Å²) in [6.07, 6.45) is 0.165. The molecule has 0 spiro atoms. The summed E-state index contributed by atoms with van der Waals surface area (Å²) < 4.78 is 0. The zero-order chi connectivity index (χ0) is 8.36. The van der Waals surface area contributed by atoms with Crippen LogP contribution in [0.5, 0.6) is 0 Å². The van der Waals surface area contributed by atoms with E-state index in [0.29, 0.717) is 6.42 Å². The van der Waals surface area contributed by atoms with Gasteiger partial charge in [0.1, 0.15) is 0 Å². The van der Waals surface area contributed by atoms with Crippen LogP contribution in [0.15, 0.2) is 0 Å². The fourth-order valence-electron chi connectivity index (χ4n) is 0.864. The molecular weight excluding hydrogens is 128 g/mol. The molecule has 0 aromatic rings. The van der Waals surface area contributed by atoms with Crippen LogP contribution in [0.25, 0.3) is 0 Å². The molecule has 0 amide bonds. The largest absolute Gasteiger partial charge is 0.393 e. The summed E-state index contributed by atoms with van der Waals surface area (Å²) in [6, 6.07) is 0. The van der Waals surface area contributed by atoms with E-state index in [0.717, 1.165) is 0 Å². The van der Waals surface area contributed by atoms with Gasteiger partial charge in [-0.15, -0.1) is 0 Å². The minimum Gasteiger partial charge on any atom is -0.393 e. The topological polar surface area (TPSA) is 40.5 Å². The van der Waals surface area contributed by atoms with E-state index in [2.05, 4.69) is 6.92 Å². The van der Waals surface area contributed by atoms with Crippen LogP contribution in [0.2, 0.25) is 0 Å². The third kappa shape index (κ3) is 4.77. The molecule has 0 aromatic heterocycles. The molecule has 2 heteroatoms. The van der Waals surface area contributed by atoms with Gasteiger partial charge in [0.05, 0.1) is 11.7 Å². The van der Waals surface area contributed by atoms with Gasteiger partial charge in [0.25, 0.3) is 0 Å². The molecule has 3 atom stereocenters. The van der Waals surface area contributed by atoms with Crippen LogP contribution < -0.4 is 0 Å². The van der Waals surface area contributed by atoms with Crippen molar-refractivity contribution < 1.29 is 10.2 Å². The number of aliphatic hydroxyl groups excluding tert-OH is 1. The Balaban J connectivity index is 3.68. The highest BCUT2D eigenvalue weighted by atomic mass is 16.3. The standard InChI is InChI=1S/C8H17O2/c1-6(7(2)9)5-8(3,4)10/h6-7,9-10H,3,5H2,1-2,4H3. The van der Waals surface area contributed by atoms with Gasteiger partial charge in [-0.25, -0.2) is 0 Å². The Labute approximate surface area is 62.9 Å². The Kier molecular flexibility index (Phi) is 3.33. The van der Waals surface area contributed by atoms with Gasteiger partial charge in [-0.3, -0.25) is 0 Å². The first kappa shape index (κ1) is 9.92. The van der Waals surface area contributed by atoms with Crippen molar-refractivity contribution in [3.63, 3.8) is 0 Å². The van der Waals surface area contributed by atoms with Crippen molar-refractivity contribution in [1.29, 1.82) is 0 Å². The zero-order valence-corrected chi connectivity index (χ0v) is 6.96. The summed E-state index contributed by atoms with van der Waals surface area (Å²) >= 11 is 0. The van der Waals surface area contributed by atoms with Crippen molar-refractivity contribution in [3.8, 4) is 0 Å². The van der Waals surface area contributed by atoms with Crippen molar-refractivity contribution >= 4 is 0 Å². The van der Waals surface area contributed by atoms with Crippen molar-refractivity contribution in [1.82, 2.24) is 0 Å². The maximum atomic E-state index is 9.21. The number of aliphatic hydroxyl groups is 2. The summed E-state index contributed by atoms with van der Waals surface area (Å²) in [5, 5.41) is 18.3. The van der Waals surface area contributed by atoms with E-state index in [1.54, 1.807) is 13.8 Å². The molecule has 0 heterocycles. The molecule has 2 N–H and O–H groups in total. The van der Waals surface area contributed by atoms with Crippen molar-refractivity contribution in [2.75, 3.05) is 0 Å². The Bertz CT molecular complexity index is 91.9. The lowest BCUT2D eigenvalue weighted by Crippen LogP contribution is -2.27. The second-order valence-electron chi connectivity index (χ2n) is 3.42. The molecule has 0 saturated heterocycles. The average molecular weight is 145 g/mol. The molecule has 0 aliphatic carbocycles. The van der Waals surface area contributed by atoms with Gasteiger partial charge >= 0.3 is 0 Å². The molecule has 0 saturated carbocycles. The van der Waals surface area contributed by atoms with Crippen LogP contribution in [-0.2, 0) is 0 Å². The maximum Gasteiger partial charge on any atom is 0.0624 e. The molecular formula is C8H17O2. The lowest BCUT2D eigenvalue weighted by Gasteiger charge is -2.23. The van der Waals surface area contributed by atoms with Crippen LogP contribution in [0, 0.1) is 12.8 Å². The second kappa shape index (κ2) is 3.35. The van der Waals surface area contributed by atoms with Crippen LogP contribution in [0.3, 0.4) is 0 Å². The van der Waals surface area contributed by atoms with Gasteiger partial charge in [0, 0.05) is 0 Å². The van der Waals surface area contributed by atoms with E-state index in [-0.39, 0.29) is 12.0 Å². The lowest BCUT2D eigenvalue weighted by molar-refractivity contribution is 0.0431. The van der Waals surface area contributed by atoms with Crippen LogP contribution in [0.4, 0.5) is 0 Å². The van der Waals surface area contributed by atoms with Crippen molar-refractivity contribution in [2.45, 2.75) is 38.9 Å². The summed E-state index contributed by atoms with van der Waals surface area (Å²) in [7, 11) is 0. The quantitative estimate of drug-likeness (QED) is 0.621. The highest BCUT2D eigenvalue weighted by Crippen LogP contribution is 2.17. The molecule has 1 radical (unpaired) electrons. The predicted octanol–water partition coefficient (Wildman–Crippen LogP) is 0.978. The van der Waals surface area contributed by atoms with E-state index in [9.17, 15) is 5.11 Å². The van der Waals surface area contributed by atoms with E-state index in [4.69, 9.17) is 5.11 Å². The third-order valence-corrected chi connectivity index (χ3v) is 1.59. The smallest absolute Gasteiger partial charge is 0.0624 e. The van der Waals surface area contributed by atoms with Gasteiger partial charge in [-0.2, -0.15) is 0 Å². The van der Waals surface area contributed by atoms with Gasteiger partial charge < -0.3 is 10.2 Å². The molecule has 3 unspecified atom stereocenters. The Morgan fingerprint density at radius 1 is 1.50 bits per heavy atom. The van der Waals surface area contributed by atoms with Gasteiger partial charge in [0.15, 0.2) is 0 Å². The first-order valence-electron chi connectivity index (χ1n) is 3.59. The van der Waals surface area contributed by atoms with Crippen molar-refractivity contribution in [3.05, 3.63) is 6.92 Å². The van der Waals surface area contributed by atoms with Crippen LogP contribution in [0.1, 0.15) is 27.2 Å². The Hall–Kier alpha value is -0.0800. The van der Waals surface area contributed by atoms with Crippen LogP contribution in [-0.4, -0.2) is 21.9 Å².